The zero-order valence-electron chi connectivity index (χ0n) is 18.4. The van der Waals surface area contributed by atoms with Crippen LogP contribution in [0.5, 0.6) is 0 Å². The second-order valence-corrected chi connectivity index (χ2v) is 9.04. The highest BCUT2D eigenvalue weighted by Gasteiger charge is 2.49. The second-order valence-electron chi connectivity index (χ2n) is 9.04. The Morgan fingerprint density at radius 1 is 1.29 bits per heavy atom. The minimum atomic E-state index is -1.14. The van der Waals surface area contributed by atoms with E-state index < -0.39 is 11.5 Å². The van der Waals surface area contributed by atoms with Crippen LogP contribution in [0, 0.1) is 28.6 Å². The fourth-order valence-corrected chi connectivity index (χ4v) is 5.34. The quantitative estimate of drug-likeness (QED) is 0.549. The molecule has 7 nitrogen and oxygen atoms in total. The first-order chi connectivity index (χ1) is 14.9. The van der Waals surface area contributed by atoms with Gasteiger partial charge in [0, 0.05) is 19.1 Å². The number of carbonyl (C=O) groups excluding carboxylic acids is 2. The lowest BCUT2D eigenvalue weighted by atomic mass is 9.58. The third-order valence-electron chi connectivity index (χ3n) is 7.10. The number of nitrogens with zero attached hydrogens (tertiary/aromatic N) is 1. The van der Waals surface area contributed by atoms with Gasteiger partial charge in [0.25, 0.3) is 0 Å². The molecule has 2 saturated carbocycles. The van der Waals surface area contributed by atoms with Crippen molar-refractivity contribution in [2.45, 2.75) is 64.1 Å². The number of nitriles is 1. The van der Waals surface area contributed by atoms with Gasteiger partial charge in [0.15, 0.2) is 0 Å². The third-order valence-corrected chi connectivity index (χ3v) is 7.10. The summed E-state index contributed by atoms with van der Waals surface area (Å²) in [5.74, 6) is 0.213. The zero-order valence-corrected chi connectivity index (χ0v) is 18.4. The molecule has 3 unspecified atom stereocenters. The van der Waals surface area contributed by atoms with Crippen molar-refractivity contribution < 1.29 is 19.4 Å². The minimum absolute atomic E-state index is 0.0205. The Balaban J connectivity index is 1.51. The van der Waals surface area contributed by atoms with Crippen LogP contribution in [0.3, 0.4) is 0 Å². The number of amides is 1. The SMILES string of the molecule is CC[C@]1(C(=O)OC)CC2CCC(NC(=O)[C@H](O)CNCc3ccc(C#N)cc3)C(C2)C1. The van der Waals surface area contributed by atoms with Crippen LogP contribution in [0.15, 0.2) is 24.3 Å². The first-order valence-corrected chi connectivity index (χ1v) is 11.2. The summed E-state index contributed by atoms with van der Waals surface area (Å²) in [6.45, 7) is 2.68. The van der Waals surface area contributed by atoms with Crippen LogP contribution in [0.2, 0.25) is 0 Å². The molecule has 0 radical (unpaired) electrons. The number of fused-ring (bicyclic) bond motifs is 2. The van der Waals surface area contributed by atoms with Crippen molar-refractivity contribution >= 4 is 11.9 Å². The number of carbonyl (C=O) groups is 2. The molecule has 1 aromatic rings. The van der Waals surface area contributed by atoms with E-state index in [0.717, 1.165) is 44.1 Å². The van der Waals surface area contributed by atoms with Gasteiger partial charge in [-0.25, -0.2) is 0 Å². The van der Waals surface area contributed by atoms with E-state index in [1.54, 1.807) is 12.1 Å². The molecule has 2 aliphatic carbocycles. The molecule has 2 aliphatic rings. The molecular weight excluding hydrogens is 394 g/mol. The van der Waals surface area contributed by atoms with E-state index in [1.165, 1.54) is 7.11 Å². The van der Waals surface area contributed by atoms with Crippen LogP contribution >= 0.6 is 0 Å². The molecular formula is C24H33N3O4. The third kappa shape index (κ3) is 5.44. The van der Waals surface area contributed by atoms with Gasteiger partial charge in [-0.2, -0.15) is 5.26 Å². The summed E-state index contributed by atoms with van der Waals surface area (Å²) in [5, 5.41) is 25.3. The number of benzene rings is 1. The predicted molar refractivity (Wildman–Crippen MR) is 116 cm³/mol. The molecule has 0 heterocycles. The van der Waals surface area contributed by atoms with Gasteiger partial charge in [-0.05, 0) is 68.1 Å². The highest BCUT2D eigenvalue weighted by molar-refractivity contribution is 5.81. The van der Waals surface area contributed by atoms with E-state index >= 15 is 0 Å². The molecule has 0 spiro atoms. The maximum Gasteiger partial charge on any atom is 0.311 e. The number of rotatable bonds is 8. The Labute approximate surface area is 184 Å². The number of methoxy groups -OCH3 is 1. The molecule has 31 heavy (non-hydrogen) atoms. The lowest BCUT2D eigenvalue weighted by Crippen LogP contribution is -2.53. The molecule has 7 heteroatoms. The summed E-state index contributed by atoms with van der Waals surface area (Å²) in [7, 11) is 1.45. The normalized spacial score (nSPS) is 28.3. The summed E-state index contributed by atoms with van der Waals surface area (Å²) < 4.78 is 5.11. The molecule has 168 valence electrons. The Bertz CT molecular complexity index is 819. The molecule has 2 bridgehead atoms. The molecule has 1 aromatic carbocycles. The van der Waals surface area contributed by atoms with Gasteiger partial charge in [-0.1, -0.05) is 19.1 Å². The van der Waals surface area contributed by atoms with Crippen LogP contribution in [-0.4, -0.2) is 42.8 Å². The van der Waals surface area contributed by atoms with Crippen molar-refractivity contribution in [2.24, 2.45) is 17.3 Å². The lowest BCUT2D eigenvalue weighted by molar-refractivity contribution is -0.159. The fraction of sp³-hybridized carbons (Fsp3) is 0.625. The maximum absolute atomic E-state index is 12.6. The Hall–Kier alpha value is -2.43. The number of esters is 1. The van der Waals surface area contributed by atoms with Crippen molar-refractivity contribution in [3.63, 3.8) is 0 Å². The molecule has 0 aliphatic heterocycles. The van der Waals surface area contributed by atoms with Crippen molar-refractivity contribution in [3.8, 4) is 6.07 Å². The maximum atomic E-state index is 12.6. The van der Waals surface area contributed by atoms with E-state index in [1.807, 2.05) is 19.1 Å². The second kappa shape index (κ2) is 10.3. The standard InChI is InChI=1S/C24H33N3O4/c1-3-24(23(30)31-2)11-18-8-9-20(19(10-18)12-24)27-22(29)21(28)15-26-14-17-6-4-16(13-25)5-7-17/h4-7,18-21,26,28H,3,8-12,14-15H2,1-2H3,(H,27,29)/t18?,19?,20?,21-,24+/m1/s1. The number of hydrogen-bond donors (Lipinski definition) is 3. The van der Waals surface area contributed by atoms with Gasteiger partial charge < -0.3 is 20.5 Å². The van der Waals surface area contributed by atoms with Crippen molar-refractivity contribution in [3.05, 3.63) is 35.4 Å². The molecule has 3 N–H and O–H groups in total. The fourth-order valence-electron chi connectivity index (χ4n) is 5.34. The van der Waals surface area contributed by atoms with E-state index in [4.69, 9.17) is 10.00 Å². The Morgan fingerprint density at radius 2 is 2.03 bits per heavy atom. The van der Waals surface area contributed by atoms with Crippen LogP contribution in [-0.2, 0) is 20.9 Å². The number of nitrogens with one attached hydrogen (secondary N) is 2. The monoisotopic (exact) mass is 427 g/mol. The first kappa shape index (κ1) is 23.2. The van der Waals surface area contributed by atoms with Crippen molar-refractivity contribution in [1.82, 2.24) is 10.6 Å². The predicted octanol–water partition coefficient (Wildman–Crippen LogP) is 2.27. The van der Waals surface area contributed by atoms with E-state index in [2.05, 4.69) is 16.7 Å². The van der Waals surface area contributed by atoms with Gasteiger partial charge in [-0.15, -0.1) is 0 Å². The Morgan fingerprint density at radius 3 is 2.68 bits per heavy atom. The number of ether oxygens (including phenoxy) is 1. The van der Waals surface area contributed by atoms with Crippen molar-refractivity contribution in [2.75, 3.05) is 13.7 Å². The van der Waals surface area contributed by atoms with Gasteiger partial charge in [-0.3, -0.25) is 9.59 Å². The zero-order chi connectivity index (χ0) is 22.4. The van der Waals surface area contributed by atoms with E-state index in [9.17, 15) is 14.7 Å². The average Bonchev–Trinajstić information content (AvgIpc) is 2.80. The van der Waals surface area contributed by atoms with Gasteiger partial charge in [0.05, 0.1) is 24.2 Å². The van der Waals surface area contributed by atoms with Gasteiger partial charge in [0.1, 0.15) is 6.10 Å². The van der Waals surface area contributed by atoms with Gasteiger partial charge >= 0.3 is 5.97 Å². The van der Waals surface area contributed by atoms with E-state index in [-0.39, 0.29) is 30.4 Å². The number of aliphatic hydroxyl groups excluding tert-OH is 1. The van der Waals surface area contributed by atoms with Crippen LogP contribution in [0.4, 0.5) is 0 Å². The lowest BCUT2D eigenvalue weighted by Gasteiger charge is -2.48. The average molecular weight is 428 g/mol. The summed E-state index contributed by atoms with van der Waals surface area (Å²) in [6.07, 6.45) is 4.07. The molecule has 0 aromatic heterocycles. The van der Waals surface area contributed by atoms with Gasteiger partial charge in [0.2, 0.25) is 5.91 Å². The highest BCUT2D eigenvalue weighted by Crippen LogP contribution is 2.51. The first-order valence-electron chi connectivity index (χ1n) is 11.2. The molecule has 1 amide bonds. The summed E-state index contributed by atoms with van der Waals surface area (Å²) in [6, 6.07) is 9.23. The summed E-state index contributed by atoms with van der Waals surface area (Å²) >= 11 is 0. The molecule has 3 rings (SSSR count). The van der Waals surface area contributed by atoms with Crippen LogP contribution < -0.4 is 10.6 Å². The Kier molecular flexibility index (Phi) is 7.69. The minimum Gasteiger partial charge on any atom is -0.469 e. The number of aliphatic hydroxyl groups is 1. The highest BCUT2D eigenvalue weighted by atomic mass is 16.5. The largest absolute Gasteiger partial charge is 0.469 e. The van der Waals surface area contributed by atoms with E-state index in [0.29, 0.717) is 18.0 Å². The number of hydrogen-bond acceptors (Lipinski definition) is 6. The van der Waals surface area contributed by atoms with Crippen LogP contribution in [0.1, 0.15) is 56.6 Å². The summed E-state index contributed by atoms with van der Waals surface area (Å²) in [4.78, 5) is 25.1. The smallest absolute Gasteiger partial charge is 0.311 e. The molecule has 5 atom stereocenters. The topological polar surface area (TPSA) is 111 Å². The van der Waals surface area contributed by atoms with Crippen molar-refractivity contribution in [1.29, 1.82) is 5.26 Å². The molecule has 0 saturated heterocycles. The van der Waals surface area contributed by atoms with Crippen LogP contribution in [0.25, 0.3) is 0 Å². The summed E-state index contributed by atoms with van der Waals surface area (Å²) in [5.41, 5.74) is 1.12. The molecule has 2 fully saturated rings.